The van der Waals surface area contributed by atoms with Crippen LogP contribution in [-0.4, -0.2) is 87.4 Å². The monoisotopic (exact) mass is 852 g/mol. The van der Waals surface area contributed by atoms with Crippen molar-refractivity contribution < 1.29 is 47.7 Å². The Balaban J connectivity index is 2.71. The van der Waals surface area contributed by atoms with E-state index >= 15 is 0 Å². The molecule has 60 heavy (non-hydrogen) atoms. The number of hydrogen-bond donors (Lipinski definition) is 0. The van der Waals surface area contributed by atoms with Crippen LogP contribution in [-0.2, 0) is 47.7 Å². The Morgan fingerprint density at radius 1 is 0.533 bits per heavy atom. The first-order chi connectivity index (χ1) is 29.0. The highest BCUT2D eigenvalue weighted by Crippen LogP contribution is 2.40. The Bertz CT molecular complexity index is 1100. The molecule has 0 amide bonds. The average Bonchev–Trinajstić information content (AvgIpc) is 3.57. The number of carbonyl (C=O) groups excluding carboxylic acids is 5. The highest BCUT2D eigenvalue weighted by Gasteiger charge is 2.39. The van der Waals surface area contributed by atoms with Gasteiger partial charge in [-0.3, -0.25) is 24.0 Å². The van der Waals surface area contributed by atoms with E-state index in [1.807, 2.05) is 14.1 Å². The molecular formula is C49H89NO10. The van der Waals surface area contributed by atoms with E-state index in [1.54, 1.807) is 0 Å². The van der Waals surface area contributed by atoms with Crippen LogP contribution in [0.3, 0.4) is 0 Å². The van der Waals surface area contributed by atoms with Crippen molar-refractivity contribution in [3.05, 3.63) is 0 Å². The molecule has 0 aliphatic heterocycles. The van der Waals surface area contributed by atoms with E-state index in [1.165, 1.54) is 19.3 Å². The fourth-order valence-electron chi connectivity index (χ4n) is 8.09. The van der Waals surface area contributed by atoms with Crippen LogP contribution in [0.25, 0.3) is 0 Å². The second-order valence-electron chi connectivity index (χ2n) is 17.7. The minimum atomic E-state index is -0.326. The zero-order valence-corrected chi connectivity index (χ0v) is 39.3. The number of esters is 5. The second kappa shape index (κ2) is 36.9. The molecule has 1 aliphatic carbocycles. The van der Waals surface area contributed by atoms with Crippen molar-refractivity contribution in [2.24, 2.45) is 17.8 Å². The van der Waals surface area contributed by atoms with E-state index in [0.29, 0.717) is 51.4 Å². The lowest BCUT2D eigenvalue weighted by Gasteiger charge is -2.25. The van der Waals surface area contributed by atoms with Gasteiger partial charge in [0.25, 0.3) is 0 Å². The van der Waals surface area contributed by atoms with Gasteiger partial charge in [0.15, 0.2) is 0 Å². The van der Waals surface area contributed by atoms with Crippen LogP contribution in [0.1, 0.15) is 214 Å². The molecule has 0 N–H and O–H groups in total. The van der Waals surface area contributed by atoms with Gasteiger partial charge >= 0.3 is 29.8 Å². The second-order valence-corrected chi connectivity index (χ2v) is 17.7. The highest BCUT2D eigenvalue weighted by molar-refractivity contribution is 5.71. The van der Waals surface area contributed by atoms with Gasteiger partial charge in [-0.25, -0.2) is 0 Å². The number of unbranched alkanes of at least 4 members (excludes halogenated alkanes) is 12. The van der Waals surface area contributed by atoms with E-state index in [9.17, 15) is 24.0 Å². The number of carbonyl (C=O) groups is 5. The number of ether oxygens (including phenoxy) is 5. The summed E-state index contributed by atoms with van der Waals surface area (Å²) in [5.41, 5.74) is 0. The summed E-state index contributed by atoms with van der Waals surface area (Å²) in [6.07, 6.45) is 23.5. The highest BCUT2D eigenvalue weighted by atomic mass is 16.6. The normalized spacial score (nSPS) is 16.8. The van der Waals surface area contributed by atoms with Gasteiger partial charge in [0.05, 0.1) is 19.8 Å². The van der Waals surface area contributed by atoms with Gasteiger partial charge in [-0.1, -0.05) is 111 Å². The predicted octanol–water partition coefficient (Wildman–Crippen LogP) is 11.3. The minimum Gasteiger partial charge on any atom is -0.466 e. The lowest BCUT2D eigenvalue weighted by atomic mass is 9.87. The molecular weight excluding hydrogens is 763 g/mol. The molecule has 1 aliphatic rings. The fraction of sp³-hybridized carbons (Fsp3) is 0.898. The van der Waals surface area contributed by atoms with Crippen LogP contribution in [0.5, 0.6) is 0 Å². The third-order valence-electron chi connectivity index (χ3n) is 11.8. The van der Waals surface area contributed by atoms with Crippen molar-refractivity contribution >= 4 is 29.8 Å². The standard InChI is InChI=1S/C49H89NO10/c1-7-11-15-16-17-21-26-42(34-36-56-49(55)37-41-32-33-44(43(41)27-18-12-8-2)60-48(54)31-24-35-50(5)6)59-47(53)30-23-22-25-40(38-57-45(51)28-19-13-9-3)39-58-46(52)29-20-14-10-4/h40-44H,7-39H2,1-6H3. The van der Waals surface area contributed by atoms with Crippen LogP contribution < -0.4 is 0 Å². The molecule has 0 aromatic rings. The summed E-state index contributed by atoms with van der Waals surface area (Å²) in [6, 6.07) is 0. The molecule has 1 rings (SSSR count). The molecule has 1 fully saturated rings. The maximum atomic E-state index is 13.2. The maximum Gasteiger partial charge on any atom is 0.306 e. The SMILES string of the molecule is CCCCCCCCC(CCOC(=O)CC1CCC(OC(=O)CCCN(C)C)C1CCCCC)OC(=O)CCCCC(COC(=O)CCCCC)COC(=O)CCCCC. The van der Waals surface area contributed by atoms with Crippen molar-refractivity contribution in [2.45, 2.75) is 226 Å². The van der Waals surface area contributed by atoms with Crippen LogP contribution in [0.2, 0.25) is 0 Å². The molecule has 0 spiro atoms. The van der Waals surface area contributed by atoms with Crippen LogP contribution in [0.4, 0.5) is 0 Å². The molecule has 11 nitrogen and oxygen atoms in total. The zero-order valence-electron chi connectivity index (χ0n) is 39.3. The van der Waals surface area contributed by atoms with Gasteiger partial charge in [-0.15, -0.1) is 0 Å². The van der Waals surface area contributed by atoms with E-state index < -0.39 is 0 Å². The quantitative estimate of drug-likeness (QED) is 0.0332. The van der Waals surface area contributed by atoms with Gasteiger partial charge in [-0.05, 0) is 96.7 Å². The summed E-state index contributed by atoms with van der Waals surface area (Å²) >= 11 is 0. The van der Waals surface area contributed by atoms with Crippen molar-refractivity contribution in [3.63, 3.8) is 0 Å². The van der Waals surface area contributed by atoms with Crippen molar-refractivity contribution in [3.8, 4) is 0 Å². The van der Waals surface area contributed by atoms with Crippen LogP contribution in [0, 0.1) is 17.8 Å². The van der Waals surface area contributed by atoms with E-state index in [0.717, 1.165) is 116 Å². The molecule has 0 bridgehead atoms. The van der Waals surface area contributed by atoms with Gasteiger partial charge in [0, 0.05) is 44.4 Å². The number of rotatable bonds is 39. The third-order valence-corrected chi connectivity index (χ3v) is 11.8. The van der Waals surface area contributed by atoms with Gasteiger partial charge in [-0.2, -0.15) is 0 Å². The summed E-state index contributed by atoms with van der Waals surface area (Å²) in [6.45, 7) is 9.99. The van der Waals surface area contributed by atoms with Gasteiger partial charge in [0.1, 0.15) is 12.2 Å². The third kappa shape index (κ3) is 29.5. The molecule has 0 aromatic heterocycles. The Morgan fingerprint density at radius 2 is 1.07 bits per heavy atom. The predicted molar refractivity (Wildman–Crippen MR) is 238 cm³/mol. The fourth-order valence-corrected chi connectivity index (χ4v) is 8.09. The first kappa shape index (κ1) is 55.3. The molecule has 0 aromatic carbocycles. The number of hydrogen-bond acceptors (Lipinski definition) is 11. The minimum absolute atomic E-state index is 0.126. The van der Waals surface area contributed by atoms with Crippen molar-refractivity contribution in [1.29, 1.82) is 0 Å². The largest absolute Gasteiger partial charge is 0.466 e. The smallest absolute Gasteiger partial charge is 0.306 e. The summed E-state index contributed by atoms with van der Waals surface area (Å²) in [5.74, 6) is -0.940. The molecule has 4 atom stereocenters. The average molecular weight is 852 g/mol. The molecule has 0 radical (unpaired) electrons. The van der Waals surface area contributed by atoms with Crippen molar-refractivity contribution in [2.75, 3.05) is 40.5 Å². The topological polar surface area (TPSA) is 135 Å². The Morgan fingerprint density at radius 3 is 1.70 bits per heavy atom. The Kier molecular flexibility index (Phi) is 34.0. The number of nitrogens with zero attached hydrogens (tertiary/aromatic N) is 1. The summed E-state index contributed by atoms with van der Waals surface area (Å²) in [5, 5.41) is 0. The first-order valence-electron chi connectivity index (χ1n) is 24.5. The molecule has 350 valence electrons. The van der Waals surface area contributed by atoms with Gasteiger partial charge < -0.3 is 28.6 Å². The van der Waals surface area contributed by atoms with Gasteiger partial charge in [0.2, 0.25) is 0 Å². The van der Waals surface area contributed by atoms with Crippen molar-refractivity contribution in [1.82, 2.24) is 4.90 Å². The zero-order chi connectivity index (χ0) is 44.2. The Hall–Kier alpha value is -2.69. The summed E-state index contributed by atoms with van der Waals surface area (Å²) in [4.78, 5) is 65.6. The molecule has 11 heteroatoms. The lowest BCUT2D eigenvalue weighted by Crippen LogP contribution is -2.27. The van der Waals surface area contributed by atoms with E-state index in [2.05, 4.69) is 32.6 Å². The van der Waals surface area contributed by atoms with E-state index in [-0.39, 0.29) is 86.0 Å². The Labute approximate surface area is 365 Å². The van der Waals surface area contributed by atoms with E-state index in [4.69, 9.17) is 23.7 Å². The van der Waals surface area contributed by atoms with Crippen LogP contribution in [0.15, 0.2) is 0 Å². The first-order valence-corrected chi connectivity index (χ1v) is 24.5. The van der Waals surface area contributed by atoms with Crippen LogP contribution >= 0.6 is 0 Å². The lowest BCUT2D eigenvalue weighted by molar-refractivity contribution is -0.153. The summed E-state index contributed by atoms with van der Waals surface area (Å²) < 4.78 is 28.9. The summed E-state index contributed by atoms with van der Waals surface area (Å²) in [7, 11) is 3.99. The molecule has 0 heterocycles. The molecule has 0 saturated heterocycles. The molecule has 1 saturated carbocycles. The maximum absolute atomic E-state index is 13.2. The molecule has 4 unspecified atom stereocenters.